The van der Waals surface area contributed by atoms with E-state index in [1.165, 1.54) is 24.6 Å². The zero-order chi connectivity index (χ0) is 14.1. The summed E-state index contributed by atoms with van der Waals surface area (Å²) in [7, 11) is 0. The molecule has 1 aliphatic carbocycles. The quantitative estimate of drug-likeness (QED) is 0.881. The summed E-state index contributed by atoms with van der Waals surface area (Å²) in [6.45, 7) is 4.70. The molecule has 1 aliphatic rings. The fraction of sp³-hybridized carbons (Fsp3) is 0.500. The van der Waals surface area contributed by atoms with Crippen molar-refractivity contribution in [1.29, 1.82) is 0 Å². The number of para-hydroxylation sites is 1. The molecule has 1 heterocycles. The Hall–Kier alpha value is -1.41. The first kappa shape index (κ1) is 13.6. The van der Waals surface area contributed by atoms with Crippen molar-refractivity contribution in [2.45, 2.75) is 39.2 Å². The number of nitrogens with zero attached hydrogens (tertiary/aromatic N) is 1. The molecule has 1 saturated carbocycles. The van der Waals surface area contributed by atoms with Gasteiger partial charge in [0, 0.05) is 11.4 Å². The first-order chi connectivity index (χ1) is 9.63. The minimum Gasteiger partial charge on any atom is -0.322 e. The number of nitrogens with two attached hydrogens (primary N) is 1. The summed E-state index contributed by atoms with van der Waals surface area (Å²) in [6, 6.07) is 12.6. The van der Waals surface area contributed by atoms with Gasteiger partial charge in [0.1, 0.15) is 0 Å². The van der Waals surface area contributed by atoms with Gasteiger partial charge >= 0.3 is 0 Å². The first-order valence-corrected chi connectivity index (χ1v) is 7.74. The number of fused-ring (bicyclic) bond motifs is 1. The Morgan fingerprint density at radius 1 is 1.00 bits per heavy atom. The molecule has 3 atom stereocenters. The van der Waals surface area contributed by atoms with E-state index in [9.17, 15) is 0 Å². The van der Waals surface area contributed by atoms with E-state index in [-0.39, 0.29) is 6.04 Å². The lowest BCUT2D eigenvalue weighted by Crippen LogP contribution is -2.29. The third-order valence-corrected chi connectivity index (χ3v) is 4.68. The molecule has 0 spiro atoms. The molecule has 0 bridgehead atoms. The van der Waals surface area contributed by atoms with Crippen LogP contribution in [-0.4, -0.2) is 4.98 Å². The maximum atomic E-state index is 6.52. The van der Waals surface area contributed by atoms with Crippen LogP contribution < -0.4 is 5.73 Å². The van der Waals surface area contributed by atoms with Gasteiger partial charge in [0.2, 0.25) is 0 Å². The van der Waals surface area contributed by atoms with Gasteiger partial charge in [-0.3, -0.25) is 4.98 Å². The van der Waals surface area contributed by atoms with Crippen LogP contribution in [-0.2, 0) is 0 Å². The lowest BCUT2D eigenvalue weighted by atomic mass is 9.73. The highest BCUT2D eigenvalue weighted by atomic mass is 14.8. The predicted molar refractivity (Wildman–Crippen MR) is 84.3 cm³/mol. The maximum Gasteiger partial charge on any atom is 0.0706 e. The van der Waals surface area contributed by atoms with Crippen LogP contribution in [0.5, 0.6) is 0 Å². The van der Waals surface area contributed by atoms with Crippen molar-refractivity contribution >= 4 is 10.9 Å². The van der Waals surface area contributed by atoms with Crippen LogP contribution in [0.3, 0.4) is 0 Å². The van der Waals surface area contributed by atoms with Crippen LogP contribution in [0, 0.1) is 17.8 Å². The number of hydrogen-bond acceptors (Lipinski definition) is 2. The molecule has 0 saturated heterocycles. The molecule has 1 fully saturated rings. The average Bonchev–Trinajstić information content (AvgIpc) is 2.45. The number of hydrogen-bond donors (Lipinski definition) is 1. The van der Waals surface area contributed by atoms with E-state index < -0.39 is 0 Å². The summed E-state index contributed by atoms with van der Waals surface area (Å²) in [5.74, 6) is 2.15. The van der Waals surface area contributed by atoms with Gasteiger partial charge in [-0.1, -0.05) is 38.1 Å². The highest BCUT2D eigenvalue weighted by molar-refractivity contribution is 5.78. The molecule has 3 unspecified atom stereocenters. The van der Waals surface area contributed by atoms with Gasteiger partial charge < -0.3 is 5.73 Å². The smallest absolute Gasteiger partial charge is 0.0706 e. The maximum absolute atomic E-state index is 6.52. The molecule has 106 valence electrons. The summed E-state index contributed by atoms with van der Waals surface area (Å²) in [4.78, 5) is 4.78. The Labute approximate surface area is 121 Å². The highest BCUT2D eigenvalue weighted by Gasteiger charge is 2.29. The lowest BCUT2D eigenvalue weighted by Gasteiger charge is -2.34. The van der Waals surface area contributed by atoms with Gasteiger partial charge in [0.15, 0.2) is 0 Å². The van der Waals surface area contributed by atoms with E-state index in [4.69, 9.17) is 10.7 Å². The molecule has 0 amide bonds. The fourth-order valence-corrected chi connectivity index (χ4v) is 3.81. The molecule has 1 aromatic heterocycles. The molecule has 0 radical (unpaired) electrons. The van der Waals surface area contributed by atoms with Crippen molar-refractivity contribution in [3.05, 3.63) is 42.1 Å². The number of benzene rings is 1. The molecule has 20 heavy (non-hydrogen) atoms. The van der Waals surface area contributed by atoms with Crippen molar-refractivity contribution < 1.29 is 0 Å². The van der Waals surface area contributed by atoms with Crippen molar-refractivity contribution in [3.8, 4) is 0 Å². The Balaban J connectivity index is 1.86. The van der Waals surface area contributed by atoms with Crippen LogP contribution in [0.25, 0.3) is 10.9 Å². The lowest BCUT2D eigenvalue weighted by molar-refractivity contribution is 0.192. The van der Waals surface area contributed by atoms with E-state index in [1.807, 2.05) is 12.1 Å². The predicted octanol–water partition coefficient (Wildman–Crippen LogP) is 4.31. The van der Waals surface area contributed by atoms with E-state index in [1.54, 1.807) is 0 Å². The van der Waals surface area contributed by atoms with Gasteiger partial charge in [0.05, 0.1) is 11.2 Å². The average molecular weight is 268 g/mol. The minimum absolute atomic E-state index is 0.0739. The zero-order valence-electron chi connectivity index (χ0n) is 12.4. The van der Waals surface area contributed by atoms with E-state index in [0.29, 0.717) is 5.92 Å². The summed E-state index contributed by atoms with van der Waals surface area (Å²) < 4.78 is 0. The third kappa shape index (κ3) is 2.71. The second kappa shape index (κ2) is 5.53. The van der Waals surface area contributed by atoms with Crippen molar-refractivity contribution in [2.24, 2.45) is 23.5 Å². The molecule has 0 aliphatic heterocycles. The van der Waals surface area contributed by atoms with E-state index in [2.05, 4.69) is 38.1 Å². The monoisotopic (exact) mass is 268 g/mol. The van der Waals surface area contributed by atoms with Crippen LogP contribution in [0.15, 0.2) is 36.4 Å². The molecule has 2 nitrogen and oxygen atoms in total. The van der Waals surface area contributed by atoms with Crippen LogP contribution in [0.1, 0.15) is 44.8 Å². The molecular weight excluding hydrogens is 244 g/mol. The van der Waals surface area contributed by atoms with Crippen LogP contribution in [0.2, 0.25) is 0 Å². The molecular formula is C18H24N2. The van der Waals surface area contributed by atoms with Gasteiger partial charge in [-0.2, -0.15) is 0 Å². The second-order valence-corrected chi connectivity index (χ2v) is 6.63. The fourth-order valence-electron chi connectivity index (χ4n) is 3.81. The Morgan fingerprint density at radius 2 is 1.70 bits per heavy atom. The van der Waals surface area contributed by atoms with Crippen LogP contribution >= 0.6 is 0 Å². The van der Waals surface area contributed by atoms with Crippen LogP contribution in [0.4, 0.5) is 0 Å². The van der Waals surface area contributed by atoms with Gasteiger partial charge in [-0.05, 0) is 49.1 Å². The largest absolute Gasteiger partial charge is 0.322 e. The second-order valence-electron chi connectivity index (χ2n) is 6.63. The summed E-state index contributed by atoms with van der Waals surface area (Å²) >= 11 is 0. The number of rotatable bonds is 2. The zero-order valence-corrected chi connectivity index (χ0v) is 12.4. The molecule has 2 N–H and O–H groups in total. The molecule has 3 rings (SSSR count). The first-order valence-electron chi connectivity index (χ1n) is 7.74. The summed E-state index contributed by atoms with van der Waals surface area (Å²) in [5.41, 5.74) is 8.63. The topological polar surface area (TPSA) is 38.9 Å². The van der Waals surface area contributed by atoms with Crippen molar-refractivity contribution in [1.82, 2.24) is 4.98 Å². The summed E-state index contributed by atoms with van der Waals surface area (Å²) in [6.07, 6.45) is 3.81. The summed E-state index contributed by atoms with van der Waals surface area (Å²) in [5, 5.41) is 1.19. The number of pyridine rings is 1. The normalized spacial score (nSPS) is 28.4. The molecule has 1 aromatic carbocycles. The molecule has 2 heteroatoms. The SMILES string of the molecule is CC1CC(C)CC(C(N)c2ccc3ccccc3n2)C1. The van der Waals surface area contributed by atoms with E-state index >= 15 is 0 Å². The third-order valence-electron chi connectivity index (χ3n) is 4.68. The standard InChI is InChI=1S/C18H24N2/c1-12-9-13(2)11-15(10-12)18(19)17-8-7-14-5-3-4-6-16(14)20-17/h3-8,12-13,15,18H,9-11,19H2,1-2H3. The van der Waals surface area contributed by atoms with Gasteiger partial charge in [-0.25, -0.2) is 0 Å². The van der Waals surface area contributed by atoms with Crippen molar-refractivity contribution in [3.63, 3.8) is 0 Å². The number of aromatic nitrogens is 1. The van der Waals surface area contributed by atoms with Gasteiger partial charge in [0.25, 0.3) is 0 Å². The van der Waals surface area contributed by atoms with Crippen molar-refractivity contribution in [2.75, 3.05) is 0 Å². The molecule has 2 aromatic rings. The van der Waals surface area contributed by atoms with E-state index in [0.717, 1.165) is 23.0 Å². The van der Waals surface area contributed by atoms with Gasteiger partial charge in [-0.15, -0.1) is 0 Å². The minimum atomic E-state index is 0.0739. The Morgan fingerprint density at radius 3 is 2.45 bits per heavy atom. The highest BCUT2D eigenvalue weighted by Crippen LogP contribution is 2.38. The Kier molecular flexibility index (Phi) is 3.75. The Bertz CT molecular complexity index is 583.